The molecule has 74 valence electrons. The van der Waals surface area contributed by atoms with Gasteiger partial charge >= 0.3 is 11.9 Å². The molecule has 0 aliphatic carbocycles. The van der Waals surface area contributed by atoms with Crippen LogP contribution in [-0.4, -0.2) is 44.5 Å². The molecule has 0 amide bonds. The molecule has 0 rings (SSSR count). The molecule has 0 aromatic carbocycles. The van der Waals surface area contributed by atoms with E-state index < -0.39 is 37.8 Å². The SMILES string of the molecule is CC(PCO)(C(=O)O)C(=O)C(=O)O. The van der Waals surface area contributed by atoms with E-state index in [9.17, 15) is 14.4 Å². The molecule has 13 heavy (non-hydrogen) atoms. The smallest absolute Gasteiger partial charge is 0.373 e. The summed E-state index contributed by atoms with van der Waals surface area (Å²) in [5.41, 5.74) is 0. The van der Waals surface area contributed by atoms with Crippen LogP contribution in [0.4, 0.5) is 0 Å². The zero-order valence-electron chi connectivity index (χ0n) is 6.77. The number of carboxylic acid groups (broad SMARTS) is 2. The van der Waals surface area contributed by atoms with E-state index in [1.165, 1.54) is 0 Å². The number of aliphatic hydroxyl groups excluding tert-OH is 1. The van der Waals surface area contributed by atoms with Crippen LogP contribution in [0, 0.1) is 0 Å². The molecule has 2 atom stereocenters. The first-order chi connectivity index (χ1) is 5.86. The highest BCUT2D eigenvalue weighted by atomic mass is 31.1. The maximum atomic E-state index is 10.9. The lowest BCUT2D eigenvalue weighted by Gasteiger charge is -2.19. The zero-order valence-corrected chi connectivity index (χ0v) is 7.77. The molecule has 2 unspecified atom stereocenters. The number of carboxylic acids is 2. The Morgan fingerprint density at radius 1 is 1.31 bits per heavy atom. The van der Waals surface area contributed by atoms with Gasteiger partial charge in [-0.3, -0.25) is 9.59 Å². The number of aliphatic carboxylic acids is 2. The monoisotopic (exact) mass is 208 g/mol. The third-order valence-electron chi connectivity index (χ3n) is 1.51. The normalized spacial score (nSPS) is 15.5. The van der Waals surface area contributed by atoms with Gasteiger partial charge in [0.25, 0.3) is 5.78 Å². The maximum absolute atomic E-state index is 10.9. The van der Waals surface area contributed by atoms with Crippen LogP contribution in [0.5, 0.6) is 0 Å². The summed E-state index contributed by atoms with van der Waals surface area (Å²) in [5, 5.41) is 23.4. The molecule has 0 bridgehead atoms. The molecule has 6 nitrogen and oxygen atoms in total. The van der Waals surface area contributed by atoms with Crippen molar-refractivity contribution in [3.8, 4) is 0 Å². The number of hydrogen-bond acceptors (Lipinski definition) is 4. The van der Waals surface area contributed by atoms with Crippen molar-refractivity contribution < 1.29 is 29.7 Å². The molecule has 3 N–H and O–H groups in total. The van der Waals surface area contributed by atoms with E-state index in [0.29, 0.717) is 0 Å². The fraction of sp³-hybridized carbons (Fsp3) is 0.500. The lowest BCUT2D eigenvalue weighted by Crippen LogP contribution is -2.43. The van der Waals surface area contributed by atoms with Crippen molar-refractivity contribution in [2.24, 2.45) is 0 Å². The number of carbonyl (C=O) groups is 3. The van der Waals surface area contributed by atoms with Crippen LogP contribution in [0.2, 0.25) is 0 Å². The summed E-state index contributed by atoms with van der Waals surface area (Å²) >= 11 is 0. The molecule has 0 aliphatic rings. The van der Waals surface area contributed by atoms with E-state index in [0.717, 1.165) is 6.92 Å². The minimum Gasteiger partial charge on any atom is -0.480 e. The minimum absolute atomic E-state index is 0.526. The Morgan fingerprint density at radius 2 is 1.77 bits per heavy atom. The quantitative estimate of drug-likeness (QED) is 0.307. The maximum Gasteiger partial charge on any atom is 0.373 e. The molecule has 0 heterocycles. The summed E-state index contributed by atoms with van der Waals surface area (Å²) in [7, 11) is -0.662. The van der Waals surface area contributed by atoms with Crippen LogP contribution in [0.25, 0.3) is 0 Å². The largest absolute Gasteiger partial charge is 0.480 e. The predicted molar refractivity (Wildman–Crippen MR) is 44.1 cm³/mol. The zero-order chi connectivity index (χ0) is 10.6. The third-order valence-corrected chi connectivity index (χ3v) is 2.81. The summed E-state index contributed by atoms with van der Waals surface area (Å²) in [6, 6.07) is 0. The Morgan fingerprint density at radius 3 is 2.00 bits per heavy atom. The summed E-state index contributed by atoms with van der Waals surface area (Å²) in [5.74, 6) is -4.74. The Bertz CT molecular complexity index is 250. The van der Waals surface area contributed by atoms with E-state index in [1.807, 2.05) is 0 Å². The second-order valence-electron chi connectivity index (χ2n) is 2.40. The van der Waals surface area contributed by atoms with Crippen molar-refractivity contribution in [1.29, 1.82) is 0 Å². The van der Waals surface area contributed by atoms with Gasteiger partial charge in [0.1, 0.15) is 0 Å². The van der Waals surface area contributed by atoms with E-state index in [4.69, 9.17) is 15.3 Å². The second kappa shape index (κ2) is 4.30. The topological polar surface area (TPSA) is 112 Å². The predicted octanol–water partition coefficient (Wildman–Crippen LogP) is -0.888. The van der Waals surface area contributed by atoms with E-state index in [2.05, 4.69) is 0 Å². The Hall–Kier alpha value is -1.00. The van der Waals surface area contributed by atoms with Crippen molar-refractivity contribution >= 4 is 26.3 Å². The van der Waals surface area contributed by atoms with Crippen LogP contribution in [0.3, 0.4) is 0 Å². The molecule has 0 aromatic heterocycles. The molecule has 0 spiro atoms. The van der Waals surface area contributed by atoms with Crippen LogP contribution < -0.4 is 0 Å². The van der Waals surface area contributed by atoms with Crippen molar-refractivity contribution in [1.82, 2.24) is 0 Å². The number of aliphatic hydroxyl groups is 1. The van der Waals surface area contributed by atoms with Crippen LogP contribution in [0.15, 0.2) is 0 Å². The minimum atomic E-state index is -2.01. The van der Waals surface area contributed by atoms with Crippen LogP contribution >= 0.6 is 8.58 Å². The first-order valence-corrected chi connectivity index (χ1v) is 4.44. The fourth-order valence-corrected chi connectivity index (χ4v) is 1.36. The first-order valence-electron chi connectivity index (χ1n) is 3.23. The highest BCUT2D eigenvalue weighted by molar-refractivity contribution is 7.43. The molecular formula is C6H9O6P. The van der Waals surface area contributed by atoms with Gasteiger partial charge in [0.2, 0.25) is 0 Å². The molecule has 0 aromatic rings. The van der Waals surface area contributed by atoms with Crippen LogP contribution in [0.1, 0.15) is 6.92 Å². The molecule has 7 heteroatoms. The third kappa shape index (κ3) is 2.47. The van der Waals surface area contributed by atoms with Gasteiger partial charge in [-0.1, -0.05) is 8.58 Å². The number of carbonyl (C=O) groups excluding carboxylic acids is 1. The van der Waals surface area contributed by atoms with Gasteiger partial charge in [-0.25, -0.2) is 4.79 Å². The van der Waals surface area contributed by atoms with Crippen LogP contribution in [-0.2, 0) is 14.4 Å². The first kappa shape index (κ1) is 12.0. The Labute approximate surface area is 75.3 Å². The van der Waals surface area contributed by atoms with Gasteiger partial charge in [-0.2, -0.15) is 0 Å². The van der Waals surface area contributed by atoms with Gasteiger partial charge in [0.05, 0.1) is 6.35 Å². The molecule has 0 aliphatic heterocycles. The average Bonchev–Trinajstić information content (AvgIpc) is 2.02. The van der Waals surface area contributed by atoms with Gasteiger partial charge in [-0.15, -0.1) is 0 Å². The Balaban J connectivity index is 4.89. The van der Waals surface area contributed by atoms with E-state index in [-0.39, 0.29) is 0 Å². The van der Waals surface area contributed by atoms with Gasteiger partial charge in [0.15, 0.2) is 5.16 Å². The van der Waals surface area contributed by atoms with Gasteiger partial charge < -0.3 is 15.3 Å². The molecule has 0 fully saturated rings. The summed E-state index contributed by atoms with van der Waals surface area (Å²) in [6.07, 6.45) is -0.526. The van der Waals surface area contributed by atoms with Crippen molar-refractivity contribution in [3.63, 3.8) is 0 Å². The highest BCUT2D eigenvalue weighted by Gasteiger charge is 2.44. The van der Waals surface area contributed by atoms with Crippen molar-refractivity contribution in [2.45, 2.75) is 12.1 Å². The summed E-state index contributed by atoms with van der Waals surface area (Å²) in [4.78, 5) is 31.7. The van der Waals surface area contributed by atoms with Gasteiger partial charge in [0, 0.05) is 0 Å². The standard InChI is InChI=1S/C6H9O6P/c1-6(5(11)12,13-2-7)3(8)4(9)10/h7,13H,2H2,1H3,(H,9,10)(H,11,12). The second-order valence-corrected chi connectivity index (χ2v) is 4.07. The molecule has 0 radical (unpaired) electrons. The lowest BCUT2D eigenvalue weighted by molar-refractivity contribution is -0.155. The number of ketones is 1. The van der Waals surface area contributed by atoms with E-state index >= 15 is 0 Å². The Kier molecular flexibility index (Phi) is 3.97. The molecule has 0 saturated carbocycles. The average molecular weight is 208 g/mol. The molecule has 0 saturated heterocycles. The summed E-state index contributed by atoms with van der Waals surface area (Å²) < 4.78 is 0. The van der Waals surface area contributed by atoms with Gasteiger partial charge in [-0.05, 0) is 6.92 Å². The number of hydrogen-bond donors (Lipinski definition) is 3. The van der Waals surface area contributed by atoms with E-state index in [1.54, 1.807) is 0 Å². The van der Waals surface area contributed by atoms with Crippen molar-refractivity contribution in [3.05, 3.63) is 0 Å². The van der Waals surface area contributed by atoms with Crippen molar-refractivity contribution in [2.75, 3.05) is 6.35 Å². The number of Topliss-reactive ketones (excluding diaryl/α,β-unsaturated/α-hetero) is 1. The molecular weight excluding hydrogens is 199 g/mol. The lowest BCUT2D eigenvalue weighted by atomic mass is 10.1. The number of rotatable bonds is 5. The summed E-state index contributed by atoms with van der Waals surface area (Å²) in [6.45, 7) is 0.987. The highest BCUT2D eigenvalue weighted by Crippen LogP contribution is 2.31. The fourth-order valence-electron chi connectivity index (χ4n) is 0.625.